The van der Waals surface area contributed by atoms with Crippen molar-refractivity contribution in [2.45, 2.75) is 33.7 Å². The first-order valence-corrected chi connectivity index (χ1v) is 7.08. The van der Waals surface area contributed by atoms with Crippen LogP contribution in [0.25, 0.3) is 0 Å². The zero-order valence-electron chi connectivity index (χ0n) is 13.7. The molecule has 21 heavy (non-hydrogen) atoms. The summed E-state index contributed by atoms with van der Waals surface area (Å²) in [5.41, 5.74) is 5.30. The molecule has 1 aromatic carbocycles. The lowest BCUT2D eigenvalue weighted by atomic mass is 10.00. The zero-order valence-corrected chi connectivity index (χ0v) is 16.1. The molecule has 0 radical (unpaired) electrons. The van der Waals surface area contributed by atoms with E-state index in [9.17, 15) is 0 Å². The van der Waals surface area contributed by atoms with Gasteiger partial charge in [-0.2, -0.15) is 0 Å². The summed E-state index contributed by atoms with van der Waals surface area (Å²) in [4.78, 5) is 4.23. The van der Waals surface area contributed by atoms with E-state index >= 15 is 0 Å². The van der Waals surface area contributed by atoms with Crippen LogP contribution >= 0.6 is 24.0 Å². The predicted octanol–water partition coefficient (Wildman–Crippen LogP) is 2.93. The Kier molecular flexibility index (Phi) is 10.4. The maximum atomic E-state index is 5.03. The summed E-state index contributed by atoms with van der Waals surface area (Å²) < 4.78 is 5.03. The number of ether oxygens (including phenoxy) is 1. The van der Waals surface area contributed by atoms with Crippen molar-refractivity contribution >= 4 is 29.9 Å². The van der Waals surface area contributed by atoms with Crippen molar-refractivity contribution in [1.82, 2.24) is 10.6 Å². The topological polar surface area (TPSA) is 45.7 Å². The van der Waals surface area contributed by atoms with Gasteiger partial charge in [0.25, 0.3) is 0 Å². The van der Waals surface area contributed by atoms with Crippen LogP contribution in [-0.2, 0) is 11.3 Å². The van der Waals surface area contributed by atoms with Crippen molar-refractivity contribution < 1.29 is 4.74 Å². The molecule has 5 heteroatoms. The quantitative estimate of drug-likeness (QED) is 0.331. The standard InChI is InChI=1S/C16H27N3O.HI/c1-12-9-13(2)15(14(3)10-12)11-19-16(17-4)18-7-6-8-20-5;/h9-10H,6-8,11H2,1-5H3,(H2,17,18,19);1H. The SMILES string of the molecule is CN=C(NCCCOC)NCc1c(C)cc(C)cc1C.I. The number of rotatable bonds is 6. The number of aryl methyl sites for hydroxylation is 3. The molecule has 2 N–H and O–H groups in total. The Morgan fingerprint density at radius 3 is 2.29 bits per heavy atom. The third-order valence-electron chi connectivity index (χ3n) is 3.31. The number of benzene rings is 1. The summed E-state index contributed by atoms with van der Waals surface area (Å²) >= 11 is 0. The van der Waals surface area contributed by atoms with Gasteiger partial charge in [0.15, 0.2) is 5.96 Å². The molecule has 0 aliphatic rings. The Bertz CT molecular complexity index is 438. The van der Waals surface area contributed by atoms with Crippen LogP contribution in [0.1, 0.15) is 28.7 Å². The van der Waals surface area contributed by atoms with Crippen molar-refractivity contribution in [3.8, 4) is 0 Å². The van der Waals surface area contributed by atoms with Crippen LogP contribution < -0.4 is 10.6 Å². The number of hydrogen-bond acceptors (Lipinski definition) is 2. The number of nitrogens with zero attached hydrogens (tertiary/aromatic N) is 1. The van der Waals surface area contributed by atoms with E-state index in [0.29, 0.717) is 0 Å². The molecule has 0 atom stereocenters. The lowest BCUT2D eigenvalue weighted by Crippen LogP contribution is -2.37. The molecule has 0 unspecified atom stereocenters. The number of nitrogens with one attached hydrogen (secondary N) is 2. The number of guanidine groups is 1. The van der Waals surface area contributed by atoms with Crippen molar-refractivity contribution in [3.05, 3.63) is 34.4 Å². The number of methoxy groups -OCH3 is 1. The van der Waals surface area contributed by atoms with E-state index in [0.717, 1.165) is 32.1 Å². The Morgan fingerprint density at radius 1 is 1.14 bits per heavy atom. The van der Waals surface area contributed by atoms with Gasteiger partial charge in [0, 0.05) is 33.9 Å². The third-order valence-corrected chi connectivity index (χ3v) is 3.31. The van der Waals surface area contributed by atoms with E-state index in [4.69, 9.17) is 4.74 Å². The summed E-state index contributed by atoms with van der Waals surface area (Å²) in [6, 6.07) is 4.44. The lowest BCUT2D eigenvalue weighted by Gasteiger charge is -2.15. The van der Waals surface area contributed by atoms with E-state index in [1.807, 2.05) is 0 Å². The highest BCUT2D eigenvalue weighted by Crippen LogP contribution is 2.15. The smallest absolute Gasteiger partial charge is 0.191 e. The van der Waals surface area contributed by atoms with Crippen LogP contribution in [0, 0.1) is 20.8 Å². The van der Waals surface area contributed by atoms with Crippen molar-refractivity contribution in [2.24, 2.45) is 4.99 Å². The second-order valence-corrected chi connectivity index (χ2v) is 5.08. The molecule has 1 rings (SSSR count). The molecule has 0 bridgehead atoms. The van der Waals surface area contributed by atoms with Crippen molar-refractivity contribution in [2.75, 3.05) is 27.3 Å². The van der Waals surface area contributed by atoms with Crippen LogP contribution in [0.2, 0.25) is 0 Å². The summed E-state index contributed by atoms with van der Waals surface area (Å²) in [7, 11) is 3.51. The van der Waals surface area contributed by atoms with Crippen molar-refractivity contribution in [3.63, 3.8) is 0 Å². The highest BCUT2D eigenvalue weighted by atomic mass is 127. The van der Waals surface area contributed by atoms with Gasteiger partial charge in [-0.25, -0.2) is 0 Å². The number of hydrogen-bond donors (Lipinski definition) is 2. The molecular weight excluding hydrogens is 377 g/mol. The maximum Gasteiger partial charge on any atom is 0.191 e. The molecule has 0 aliphatic heterocycles. The Balaban J connectivity index is 0.00000400. The Hall–Kier alpha value is -0.820. The van der Waals surface area contributed by atoms with Gasteiger partial charge in [-0.3, -0.25) is 4.99 Å². The fourth-order valence-electron chi connectivity index (χ4n) is 2.30. The second kappa shape index (κ2) is 10.8. The van der Waals surface area contributed by atoms with Crippen LogP contribution in [0.5, 0.6) is 0 Å². The number of aliphatic imine (C=N–C) groups is 1. The van der Waals surface area contributed by atoms with E-state index in [1.165, 1.54) is 22.3 Å². The average molecular weight is 405 g/mol. The minimum Gasteiger partial charge on any atom is -0.385 e. The normalized spacial score (nSPS) is 11.0. The van der Waals surface area contributed by atoms with E-state index in [2.05, 4.69) is 48.5 Å². The molecule has 0 heterocycles. The summed E-state index contributed by atoms with van der Waals surface area (Å²) in [5, 5.41) is 6.65. The van der Waals surface area contributed by atoms with Gasteiger partial charge in [0.05, 0.1) is 0 Å². The van der Waals surface area contributed by atoms with E-state index in [1.54, 1.807) is 14.2 Å². The van der Waals surface area contributed by atoms with Gasteiger partial charge in [-0.15, -0.1) is 24.0 Å². The predicted molar refractivity (Wildman–Crippen MR) is 101 cm³/mol. The van der Waals surface area contributed by atoms with Crippen molar-refractivity contribution in [1.29, 1.82) is 0 Å². The fraction of sp³-hybridized carbons (Fsp3) is 0.562. The summed E-state index contributed by atoms with van der Waals surface area (Å²) in [6.07, 6.45) is 0.972. The molecule has 120 valence electrons. The molecule has 0 fully saturated rings. The molecule has 0 saturated carbocycles. The highest BCUT2D eigenvalue weighted by Gasteiger charge is 2.05. The fourth-order valence-corrected chi connectivity index (χ4v) is 2.30. The van der Waals surface area contributed by atoms with Gasteiger partial charge in [0.2, 0.25) is 0 Å². The second-order valence-electron chi connectivity index (χ2n) is 5.08. The minimum absolute atomic E-state index is 0. The van der Waals surface area contributed by atoms with Gasteiger partial charge in [-0.05, 0) is 43.9 Å². The molecule has 4 nitrogen and oxygen atoms in total. The first kappa shape index (κ1) is 20.2. The first-order valence-electron chi connectivity index (χ1n) is 7.08. The summed E-state index contributed by atoms with van der Waals surface area (Å²) in [6.45, 7) is 8.87. The largest absolute Gasteiger partial charge is 0.385 e. The lowest BCUT2D eigenvalue weighted by molar-refractivity contribution is 0.195. The average Bonchev–Trinajstić information content (AvgIpc) is 2.39. The van der Waals surface area contributed by atoms with Crippen LogP contribution in [0.3, 0.4) is 0 Å². The monoisotopic (exact) mass is 405 g/mol. The van der Waals surface area contributed by atoms with Gasteiger partial charge in [-0.1, -0.05) is 17.7 Å². The molecular formula is C16H28IN3O. The number of halogens is 1. The molecule has 1 aromatic rings. The van der Waals surface area contributed by atoms with Crippen LogP contribution in [0.4, 0.5) is 0 Å². The van der Waals surface area contributed by atoms with E-state index < -0.39 is 0 Å². The Labute approximate surface area is 145 Å². The maximum absolute atomic E-state index is 5.03. The molecule has 0 aromatic heterocycles. The molecule has 0 aliphatic carbocycles. The van der Waals surface area contributed by atoms with Gasteiger partial charge < -0.3 is 15.4 Å². The summed E-state index contributed by atoms with van der Waals surface area (Å²) in [5.74, 6) is 0.834. The minimum atomic E-state index is 0. The van der Waals surface area contributed by atoms with Gasteiger partial charge >= 0.3 is 0 Å². The zero-order chi connectivity index (χ0) is 15.0. The van der Waals surface area contributed by atoms with Gasteiger partial charge in [0.1, 0.15) is 0 Å². The Morgan fingerprint density at radius 2 is 1.76 bits per heavy atom. The molecule has 0 saturated heterocycles. The van der Waals surface area contributed by atoms with E-state index in [-0.39, 0.29) is 24.0 Å². The van der Waals surface area contributed by atoms with Crippen LogP contribution in [-0.4, -0.2) is 33.3 Å². The molecule has 0 spiro atoms. The van der Waals surface area contributed by atoms with Crippen LogP contribution in [0.15, 0.2) is 17.1 Å². The molecule has 0 amide bonds. The third kappa shape index (κ3) is 7.13. The highest BCUT2D eigenvalue weighted by molar-refractivity contribution is 14.0. The first-order chi connectivity index (χ1) is 9.58.